The Morgan fingerprint density at radius 1 is 1.36 bits per heavy atom. The lowest BCUT2D eigenvalue weighted by molar-refractivity contribution is 1.19. The quantitative estimate of drug-likeness (QED) is 0.685. The topological polar surface area (TPSA) is 0 Å². The molecule has 74 valence electrons. The Labute approximate surface area is 101 Å². The molecule has 0 bridgehead atoms. The van der Waals surface area contributed by atoms with Gasteiger partial charge in [0.15, 0.2) is 0 Å². The van der Waals surface area contributed by atoms with Crippen molar-refractivity contribution in [3.8, 4) is 0 Å². The number of alkyl halides is 1. The van der Waals surface area contributed by atoms with Gasteiger partial charge in [0.25, 0.3) is 0 Å². The van der Waals surface area contributed by atoms with E-state index in [2.05, 4.69) is 41.1 Å². The van der Waals surface area contributed by atoms with Crippen LogP contribution < -0.4 is 0 Å². The van der Waals surface area contributed by atoms with Crippen molar-refractivity contribution in [3.63, 3.8) is 0 Å². The van der Waals surface area contributed by atoms with Crippen molar-refractivity contribution in [2.24, 2.45) is 0 Å². The summed E-state index contributed by atoms with van der Waals surface area (Å²) in [6.45, 7) is 2.18. The summed E-state index contributed by atoms with van der Waals surface area (Å²) in [6, 6.07) is 6.51. The monoisotopic (exact) mass is 288 g/mol. The maximum Gasteiger partial charge on any atom is 0.0488 e. The molecule has 0 amide bonds. The second-order valence-electron chi connectivity index (χ2n) is 3.18. The van der Waals surface area contributed by atoms with E-state index in [-0.39, 0.29) is 0 Å². The third-order valence-corrected chi connectivity index (χ3v) is 4.32. The van der Waals surface area contributed by atoms with Gasteiger partial charge < -0.3 is 0 Å². The number of benzene rings is 1. The molecule has 0 saturated carbocycles. The molecule has 2 aromatic rings. The number of aryl methyl sites for hydroxylation is 1. The van der Waals surface area contributed by atoms with Crippen molar-refractivity contribution in [1.29, 1.82) is 0 Å². The summed E-state index contributed by atoms with van der Waals surface area (Å²) < 4.78 is 2.45. The molecule has 1 aromatic heterocycles. The summed E-state index contributed by atoms with van der Waals surface area (Å²) in [6.07, 6.45) is 1.10. The molecule has 0 spiro atoms. The molecule has 0 unspecified atom stereocenters. The molecule has 0 saturated heterocycles. The minimum absolute atomic E-state index is 0.583. The smallest absolute Gasteiger partial charge is 0.0488 e. The Balaban J connectivity index is 2.71. The summed E-state index contributed by atoms with van der Waals surface area (Å²) in [5.74, 6) is 0.583. The first-order chi connectivity index (χ1) is 6.74. The van der Waals surface area contributed by atoms with Crippen LogP contribution in [0, 0.1) is 0 Å². The third-order valence-electron chi connectivity index (χ3n) is 2.20. The first kappa shape index (κ1) is 10.5. The minimum atomic E-state index is 0.583. The fourth-order valence-electron chi connectivity index (χ4n) is 1.51. The molecule has 1 aromatic carbocycles. The molecule has 0 radical (unpaired) electrons. The Morgan fingerprint density at radius 2 is 2.14 bits per heavy atom. The molecule has 1 heterocycles. The van der Waals surface area contributed by atoms with Crippen LogP contribution in [0.1, 0.15) is 17.4 Å². The van der Waals surface area contributed by atoms with Gasteiger partial charge in [-0.1, -0.05) is 22.9 Å². The van der Waals surface area contributed by atoms with Gasteiger partial charge in [0.05, 0.1) is 0 Å². The summed E-state index contributed by atoms with van der Waals surface area (Å²) in [4.78, 5) is 1.42. The highest BCUT2D eigenvalue weighted by molar-refractivity contribution is 9.10. The number of thiophene rings is 1. The summed E-state index contributed by atoms with van der Waals surface area (Å²) >= 11 is 11.3. The molecule has 3 heteroatoms. The van der Waals surface area contributed by atoms with E-state index in [1.807, 2.05) is 11.3 Å². The molecule has 14 heavy (non-hydrogen) atoms. The van der Waals surface area contributed by atoms with Crippen LogP contribution in [0.2, 0.25) is 0 Å². The van der Waals surface area contributed by atoms with E-state index in [9.17, 15) is 0 Å². The Morgan fingerprint density at radius 3 is 2.79 bits per heavy atom. The van der Waals surface area contributed by atoms with Gasteiger partial charge in [0.1, 0.15) is 0 Å². The van der Waals surface area contributed by atoms with Gasteiger partial charge in [-0.15, -0.1) is 22.9 Å². The lowest BCUT2D eigenvalue weighted by Gasteiger charge is -1.98. The third kappa shape index (κ3) is 1.83. The fraction of sp³-hybridized carbons (Fsp3) is 0.273. The summed E-state index contributed by atoms with van der Waals surface area (Å²) in [7, 11) is 0. The van der Waals surface area contributed by atoms with Crippen LogP contribution >= 0.6 is 38.9 Å². The molecule has 0 atom stereocenters. The van der Waals surface area contributed by atoms with Gasteiger partial charge in [-0.3, -0.25) is 0 Å². The van der Waals surface area contributed by atoms with Crippen LogP contribution in [-0.2, 0) is 12.3 Å². The van der Waals surface area contributed by atoms with Gasteiger partial charge in [0.2, 0.25) is 0 Å². The van der Waals surface area contributed by atoms with E-state index in [1.165, 1.54) is 20.5 Å². The SMILES string of the molecule is CCc1cc2cc(Br)cc(CCl)c2s1. The number of fused-ring (bicyclic) bond motifs is 1. The molecule has 2 rings (SSSR count). The van der Waals surface area contributed by atoms with E-state index in [4.69, 9.17) is 11.6 Å². The normalized spacial score (nSPS) is 11.1. The van der Waals surface area contributed by atoms with Crippen LogP contribution in [0.3, 0.4) is 0 Å². The number of rotatable bonds is 2. The largest absolute Gasteiger partial charge is 0.140 e. The molecular weight excluding hydrogens is 280 g/mol. The van der Waals surface area contributed by atoms with Crippen LogP contribution in [-0.4, -0.2) is 0 Å². The van der Waals surface area contributed by atoms with E-state index < -0.39 is 0 Å². The van der Waals surface area contributed by atoms with Crippen molar-refractivity contribution in [2.45, 2.75) is 19.2 Å². The number of halogens is 2. The highest BCUT2D eigenvalue weighted by Crippen LogP contribution is 2.32. The van der Waals surface area contributed by atoms with E-state index in [1.54, 1.807) is 0 Å². The standard InChI is InChI=1S/C11H10BrClS/c1-2-10-5-7-3-9(12)4-8(6-13)11(7)14-10/h3-5H,2,6H2,1H3. The maximum atomic E-state index is 5.92. The Bertz CT molecular complexity index is 462. The summed E-state index contributed by atoms with van der Waals surface area (Å²) in [5, 5.41) is 1.30. The van der Waals surface area contributed by atoms with E-state index in [0.717, 1.165) is 10.9 Å². The van der Waals surface area contributed by atoms with E-state index in [0.29, 0.717) is 5.88 Å². The molecular formula is C11H10BrClS. The Hall–Kier alpha value is -0.0500. The first-order valence-corrected chi connectivity index (χ1v) is 6.65. The fourth-order valence-corrected chi connectivity index (χ4v) is 3.42. The second-order valence-corrected chi connectivity index (χ2v) is 5.50. The highest BCUT2D eigenvalue weighted by Gasteiger charge is 2.06. The van der Waals surface area contributed by atoms with Crippen molar-refractivity contribution < 1.29 is 0 Å². The molecule has 0 aliphatic carbocycles. The molecule has 0 fully saturated rings. The highest BCUT2D eigenvalue weighted by atomic mass is 79.9. The van der Waals surface area contributed by atoms with Crippen LogP contribution in [0.4, 0.5) is 0 Å². The zero-order valence-corrected chi connectivity index (χ0v) is 11.0. The second kappa shape index (κ2) is 4.21. The van der Waals surface area contributed by atoms with Crippen LogP contribution in [0.15, 0.2) is 22.7 Å². The van der Waals surface area contributed by atoms with E-state index >= 15 is 0 Å². The van der Waals surface area contributed by atoms with Gasteiger partial charge in [-0.2, -0.15) is 0 Å². The average molecular weight is 290 g/mol. The van der Waals surface area contributed by atoms with Crippen molar-refractivity contribution in [2.75, 3.05) is 0 Å². The lowest BCUT2D eigenvalue weighted by Crippen LogP contribution is -1.77. The van der Waals surface area contributed by atoms with Crippen molar-refractivity contribution in [3.05, 3.63) is 33.1 Å². The van der Waals surface area contributed by atoms with Gasteiger partial charge in [0, 0.05) is 19.9 Å². The number of hydrogen-bond acceptors (Lipinski definition) is 1. The van der Waals surface area contributed by atoms with Gasteiger partial charge >= 0.3 is 0 Å². The lowest BCUT2D eigenvalue weighted by atomic mass is 10.2. The zero-order chi connectivity index (χ0) is 10.1. The van der Waals surface area contributed by atoms with Gasteiger partial charge in [-0.25, -0.2) is 0 Å². The maximum absolute atomic E-state index is 5.92. The van der Waals surface area contributed by atoms with Gasteiger partial charge in [-0.05, 0) is 35.6 Å². The number of hydrogen-bond donors (Lipinski definition) is 0. The molecule has 0 aliphatic rings. The van der Waals surface area contributed by atoms with Crippen LogP contribution in [0.5, 0.6) is 0 Å². The average Bonchev–Trinajstić information content (AvgIpc) is 2.59. The summed E-state index contributed by atoms with van der Waals surface area (Å²) in [5.41, 5.74) is 1.22. The molecule has 0 nitrogen and oxygen atoms in total. The van der Waals surface area contributed by atoms with Crippen molar-refractivity contribution in [1.82, 2.24) is 0 Å². The van der Waals surface area contributed by atoms with Crippen LogP contribution in [0.25, 0.3) is 10.1 Å². The minimum Gasteiger partial charge on any atom is -0.140 e. The zero-order valence-electron chi connectivity index (χ0n) is 7.81. The first-order valence-electron chi connectivity index (χ1n) is 4.51. The Kier molecular flexibility index (Phi) is 3.15. The predicted molar refractivity (Wildman–Crippen MR) is 68.5 cm³/mol. The molecule has 0 N–H and O–H groups in total. The molecule has 0 aliphatic heterocycles. The predicted octanol–water partition coefficient (Wildman–Crippen LogP) is 4.97. The van der Waals surface area contributed by atoms with Crippen molar-refractivity contribution >= 4 is 49.0 Å².